The van der Waals surface area contributed by atoms with E-state index in [9.17, 15) is 9.18 Å². The van der Waals surface area contributed by atoms with E-state index in [-0.39, 0.29) is 43.1 Å². The lowest BCUT2D eigenvalue weighted by molar-refractivity contribution is -0.115. The van der Waals surface area contributed by atoms with Gasteiger partial charge in [0.1, 0.15) is 5.82 Å². The number of halogens is 3. The minimum atomic E-state index is -0.313. The fourth-order valence-electron chi connectivity index (χ4n) is 0.899. The largest absolute Gasteiger partial charge is 0.325 e. The summed E-state index contributed by atoms with van der Waals surface area (Å²) in [5, 5.41) is 5.31. The maximum Gasteiger partial charge on any atom is 0.238 e. The van der Waals surface area contributed by atoms with Gasteiger partial charge in [-0.15, -0.1) is 24.8 Å². The maximum absolute atomic E-state index is 12.4. The molecule has 1 rings (SSSR count). The normalized spacial score (nSPS) is 8.40. The molecular weight excluding hydrogens is 242 g/mol. The van der Waals surface area contributed by atoms with E-state index in [2.05, 4.69) is 10.6 Å². The van der Waals surface area contributed by atoms with Crippen LogP contribution in [0.5, 0.6) is 0 Å². The van der Waals surface area contributed by atoms with Crippen LogP contribution >= 0.6 is 24.8 Å². The predicted octanol–water partition coefficient (Wildman–Crippen LogP) is 1.83. The van der Waals surface area contributed by atoms with E-state index in [1.54, 1.807) is 7.05 Å². The number of carbonyl (C=O) groups excluding carboxylic acids is 1. The van der Waals surface area contributed by atoms with Gasteiger partial charge in [-0.05, 0) is 31.3 Å². The zero-order chi connectivity index (χ0) is 9.68. The van der Waals surface area contributed by atoms with Crippen LogP contribution in [0.25, 0.3) is 0 Å². The molecule has 0 aliphatic rings. The molecule has 6 heteroatoms. The number of likely N-dealkylation sites (N-methyl/N-ethyl adjacent to an activating group) is 1. The van der Waals surface area contributed by atoms with Crippen molar-refractivity contribution >= 4 is 36.4 Å². The number of anilines is 1. The van der Waals surface area contributed by atoms with Crippen LogP contribution in [0.1, 0.15) is 0 Å². The van der Waals surface area contributed by atoms with Gasteiger partial charge in [0.2, 0.25) is 5.91 Å². The summed E-state index contributed by atoms with van der Waals surface area (Å²) in [5.74, 6) is -0.458. The second-order valence-electron chi connectivity index (χ2n) is 2.59. The summed E-state index contributed by atoms with van der Waals surface area (Å²) < 4.78 is 12.4. The molecule has 2 N–H and O–H groups in total. The third-order valence-electron chi connectivity index (χ3n) is 1.47. The van der Waals surface area contributed by atoms with Crippen molar-refractivity contribution in [3.63, 3.8) is 0 Å². The third-order valence-corrected chi connectivity index (χ3v) is 1.47. The lowest BCUT2D eigenvalue weighted by Gasteiger charge is -2.03. The van der Waals surface area contributed by atoms with Crippen LogP contribution in [-0.4, -0.2) is 19.5 Å². The topological polar surface area (TPSA) is 41.1 Å². The molecule has 0 aliphatic heterocycles. The van der Waals surface area contributed by atoms with Gasteiger partial charge in [-0.1, -0.05) is 0 Å². The fraction of sp³-hybridized carbons (Fsp3) is 0.222. The van der Waals surface area contributed by atoms with E-state index in [1.807, 2.05) is 0 Å². The van der Waals surface area contributed by atoms with Crippen LogP contribution in [0, 0.1) is 5.82 Å². The Balaban J connectivity index is 0. The number of carbonyl (C=O) groups is 1. The molecule has 0 fully saturated rings. The highest BCUT2D eigenvalue weighted by Gasteiger charge is 1.99. The molecule has 0 aliphatic carbocycles. The van der Waals surface area contributed by atoms with E-state index in [0.717, 1.165) is 0 Å². The molecular formula is C9H13Cl2FN2O. The fourth-order valence-corrected chi connectivity index (χ4v) is 0.899. The molecule has 0 bridgehead atoms. The second kappa shape index (κ2) is 8.47. The van der Waals surface area contributed by atoms with Gasteiger partial charge in [-0.25, -0.2) is 4.39 Å². The second-order valence-corrected chi connectivity index (χ2v) is 2.59. The van der Waals surface area contributed by atoms with Crippen molar-refractivity contribution < 1.29 is 9.18 Å². The summed E-state index contributed by atoms with van der Waals surface area (Å²) in [5.41, 5.74) is 0.599. The van der Waals surface area contributed by atoms with Crippen LogP contribution in [0.15, 0.2) is 24.3 Å². The first-order chi connectivity index (χ1) is 6.22. The SMILES string of the molecule is CNCC(=O)Nc1ccc(F)cc1.Cl.Cl. The summed E-state index contributed by atoms with van der Waals surface area (Å²) >= 11 is 0. The average Bonchev–Trinajstić information content (AvgIpc) is 2.09. The molecule has 1 amide bonds. The van der Waals surface area contributed by atoms with Crippen LogP contribution in [0.3, 0.4) is 0 Å². The van der Waals surface area contributed by atoms with Gasteiger partial charge in [0.15, 0.2) is 0 Å². The Labute approximate surface area is 100 Å². The molecule has 15 heavy (non-hydrogen) atoms. The number of rotatable bonds is 3. The predicted molar refractivity (Wildman–Crippen MR) is 63.5 cm³/mol. The molecule has 0 aromatic heterocycles. The molecule has 86 valence electrons. The molecule has 1 aromatic carbocycles. The smallest absolute Gasteiger partial charge is 0.238 e. The monoisotopic (exact) mass is 254 g/mol. The van der Waals surface area contributed by atoms with Gasteiger partial charge in [-0.3, -0.25) is 4.79 Å². The zero-order valence-corrected chi connectivity index (χ0v) is 9.75. The highest BCUT2D eigenvalue weighted by atomic mass is 35.5. The van der Waals surface area contributed by atoms with Crippen LogP contribution in [0.2, 0.25) is 0 Å². The van der Waals surface area contributed by atoms with Crippen molar-refractivity contribution in [3.8, 4) is 0 Å². The number of benzene rings is 1. The first-order valence-electron chi connectivity index (χ1n) is 3.92. The van der Waals surface area contributed by atoms with Gasteiger partial charge in [0, 0.05) is 5.69 Å². The summed E-state index contributed by atoms with van der Waals surface area (Å²) in [4.78, 5) is 11.0. The van der Waals surface area contributed by atoms with Gasteiger partial charge in [0.05, 0.1) is 6.54 Å². The Hall–Kier alpha value is -0.840. The number of amides is 1. The van der Waals surface area contributed by atoms with Crippen molar-refractivity contribution in [2.75, 3.05) is 18.9 Å². The van der Waals surface area contributed by atoms with Crippen LogP contribution < -0.4 is 10.6 Å². The molecule has 0 saturated heterocycles. The van der Waals surface area contributed by atoms with E-state index in [1.165, 1.54) is 24.3 Å². The molecule has 0 atom stereocenters. The summed E-state index contributed by atoms with van der Waals surface area (Å²) in [6, 6.07) is 5.63. The van der Waals surface area contributed by atoms with E-state index < -0.39 is 0 Å². The summed E-state index contributed by atoms with van der Waals surface area (Å²) in [7, 11) is 1.68. The minimum absolute atomic E-state index is 0. The molecule has 0 saturated carbocycles. The minimum Gasteiger partial charge on any atom is -0.325 e. The van der Waals surface area contributed by atoms with Crippen molar-refractivity contribution in [3.05, 3.63) is 30.1 Å². The van der Waals surface area contributed by atoms with Gasteiger partial charge >= 0.3 is 0 Å². The molecule has 0 spiro atoms. The molecule has 3 nitrogen and oxygen atoms in total. The van der Waals surface area contributed by atoms with Crippen molar-refractivity contribution in [1.29, 1.82) is 0 Å². The molecule has 0 heterocycles. The van der Waals surface area contributed by atoms with E-state index in [0.29, 0.717) is 5.69 Å². The van der Waals surface area contributed by atoms with Crippen molar-refractivity contribution in [2.24, 2.45) is 0 Å². The standard InChI is InChI=1S/C9H11FN2O.2ClH/c1-11-6-9(13)12-8-4-2-7(10)3-5-8;;/h2-5,11H,6H2,1H3,(H,12,13);2*1H. The third kappa shape index (κ3) is 6.28. The highest BCUT2D eigenvalue weighted by Crippen LogP contribution is 2.07. The highest BCUT2D eigenvalue weighted by molar-refractivity contribution is 5.92. The van der Waals surface area contributed by atoms with Gasteiger partial charge in [-0.2, -0.15) is 0 Å². The summed E-state index contributed by atoms with van der Waals surface area (Å²) in [6.45, 7) is 0.247. The summed E-state index contributed by atoms with van der Waals surface area (Å²) in [6.07, 6.45) is 0. The molecule has 0 radical (unpaired) electrons. The quantitative estimate of drug-likeness (QED) is 0.865. The van der Waals surface area contributed by atoms with Crippen LogP contribution in [0.4, 0.5) is 10.1 Å². The molecule has 0 unspecified atom stereocenters. The number of hydrogen-bond acceptors (Lipinski definition) is 2. The van der Waals surface area contributed by atoms with Crippen molar-refractivity contribution in [2.45, 2.75) is 0 Å². The lowest BCUT2D eigenvalue weighted by Crippen LogP contribution is -2.24. The number of hydrogen-bond donors (Lipinski definition) is 2. The van der Waals surface area contributed by atoms with Crippen molar-refractivity contribution in [1.82, 2.24) is 5.32 Å². The maximum atomic E-state index is 12.4. The lowest BCUT2D eigenvalue weighted by atomic mass is 10.3. The van der Waals surface area contributed by atoms with Crippen LogP contribution in [-0.2, 0) is 4.79 Å². The zero-order valence-electron chi connectivity index (χ0n) is 8.12. The molecule has 1 aromatic rings. The Morgan fingerprint density at radius 1 is 1.27 bits per heavy atom. The van der Waals surface area contributed by atoms with Gasteiger partial charge < -0.3 is 10.6 Å². The van der Waals surface area contributed by atoms with Gasteiger partial charge in [0.25, 0.3) is 0 Å². The Kier molecular flexibility index (Phi) is 9.36. The average molecular weight is 255 g/mol. The number of nitrogens with one attached hydrogen (secondary N) is 2. The Bertz CT molecular complexity index is 293. The Morgan fingerprint density at radius 3 is 2.27 bits per heavy atom. The van der Waals surface area contributed by atoms with E-state index >= 15 is 0 Å². The Morgan fingerprint density at radius 2 is 1.80 bits per heavy atom. The first kappa shape index (κ1) is 16.6. The first-order valence-corrected chi connectivity index (χ1v) is 3.92. The van der Waals surface area contributed by atoms with E-state index in [4.69, 9.17) is 0 Å².